The largest absolute Gasteiger partial charge is 0.494 e. The van der Waals surface area contributed by atoms with Gasteiger partial charge in [0, 0.05) is 0 Å². The zero-order valence-electron chi connectivity index (χ0n) is 11.0. The van der Waals surface area contributed by atoms with Gasteiger partial charge in [0.15, 0.2) is 9.84 Å². The molecule has 0 spiro atoms. The molecule has 0 N–H and O–H groups in total. The van der Waals surface area contributed by atoms with Gasteiger partial charge < -0.3 is 9.30 Å². The van der Waals surface area contributed by atoms with E-state index < -0.39 is 9.84 Å². The maximum absolute atomic E-state index is 11.7. The minimum atomic E-state index is -2.95. The lowest BCUT2D eigenvalue weighted by atomic mass is 10.2. The molecule has 108 valence electrons. The lowest BCUT2D eigenvalue weighted by Crippen LogP contribution is -2.13. The number of benzene rings is 1. The number of sulfone groups is 1. The van der Waals surface area contributed by atoms with E-state index in [0.717, 1.165) is 11.0 Å². The van der Waals surface area contributed by atoms with Gasteiger partial charge in [-0.2, -0.15) is 0 Å². The van der Waals surface area contributed by atoms with Gasteiger partial charge in [-0.1, -0.05) is 6.07 Å². The maximum atomic E-state index is 11.7. The highest BCUT2D eigenvalue weighted by atomic mass is 35.5. The van der Waals surface area contributed by atoms with Crippen molar-refractivity contribution in [2.45, 2.75) is 18.3 Å². The summed E-state index contributed by atoms with van der Waals surface area (Å²) in [5, 5.41) is 0. The second kappa shape index (κ2) is 4.93. The van der Waals surface area contributed by atoms with E-state index in [9.17, 15) is 8.42 Å². The van der Waals surface area contributed by atoms with Crippen molar-refractivity contribution in [2.75, 3.05) is 18.6 Å². The lowest BCUT2D eigenvalue weighted by molar-refractivity contribution is 0.419. The zero-order chi connectivity index (χ0) is 14.3. The first-order valence-electron chi connectivity index (χ1n) is 6.36. The molecule has 0 bridgehead atoms. The first-order valence-corrected chi connectivity index (χ1v) is 8.71. The summed E-state index contributed by atoms with van der Waals surface area (Å²) in [6.45, 7) is 0. The number of aromatic nitrogens is 2. The van der Waals surface area contributed by atoms with Crippen molar-refractivity contribution in [1.82, 2.24) is 9.55 Å². The molecule has 7 heteroatoms. The van der Waals surface area contributed by atoms with Gasteiger partial charge in [0.2, 0.25) is 0 Å². The summed E-state index contributed by atoms with van der Waals surface area (Å²) in [5.74, 6) is 1.98. The summed E-state index contributed by atoms with van der Waals surface area (Å²) in [6.07, 6.45) is 0.606. The Balaban J connectivity index is 2.19. The SMILES string of the molecule is COc1cccc2c1nc(CCl)n2C1CCS(=O)(=O)C1. The van der Waals surface area contributed by atoms with E-state index in [1.165, 1.54) is 0 Å². The number of fused-ring (bicyclic) bond motifs is 1. The molecule has 1 aromatic carbocycles. The Morgan fingerprint density at radius 2 is 2.30 bits per heavy atom. The number of rotatable bonds is 3. The van der Waals surface area contributed by atoms with Gasteiger partial charge in [-0.3, -0.25) is 0 Å². The predicted molar refractivity (Wildman–Crippen MR) is 78.1 cm³/mol. The highest BCUT2D eigenvalue weighted by Crippen LogP contribution is 2.33. The van der Waals surface area contributed by atoms with Crippen LogP contribution in [0.2, 0.25) is 0 Å². The van der Waals surface area contributed by atoms with Crippen LogP contribution in [-0.4, -0.2) is 36.6 Å². The molecule has 1 aliphatic rings. The van der Waals surface area contributed by atoms with Crippen molar-refractivity contribution in [3.63, 3.8) is 0 Å². The number of hydrogen-bond acceptors (Lipinski definition) is 4. The van der Waals surface area contributed by atoms with Crippen molar-refractivity contribution < 1.29 is 13.2 Å². The van der Waals surface area contributed by atoms with Crippen molar-refractivity contribution in [3.05, 3.63) is 24.0 Å². The van der Waals surface area contributed by atoms with Crippen LogP contribution in [0.1, 0.15) is 18.3 Å². The van der Waals surface area contributed by atoms with Crippen molar-refractivity contribution in [1.29, 1.82) is 0 Å². The Morgan fingerprint density at radius 1 is 1.50 bits per heavy atom. The normalized spacial score (nSPS) is 21.4. The molecule has 0 saturated carbocycles. The molecule has 2 heterocycles. The van der Waals surface area contributed by atoms with Crippen LogP contribution in [0.15, 0.2) is 18.2 Å². The number of para-hydroxylation sites is 1. The molecule has 1 fully saturated rings. The van der Waals surface area contributed by atoms with E-state index in [2.05, 4.69) is 4.98 Å². The number of hydrogen-bond donors (Lipinski definition) is 0. The Bertz CT molecular complexity index is 754. The number of methoxy groups -OCH3 is 1. The van der Waals surface area contributed by atoms with Gasteiger partial charge in [0.1, 0.15) is 17.1 Å². The highest BCUT2D eigenvalue weighted by molar-refractivity contribution is 7.91. The summed E-state index contributed by atoms with van der Waals surface area (Å²) in [5.41, 5.74) is 1.61. The van der Waals surface area contributed by atoms with Gasteiger partial charge in [-0.05, 0) is 18.6 Å². The number of imidazole rings is 1. The maximum Gasteiger partial charge on any atom is 0.152 e. The molecule has 0 radical (unpaired) electrons. The van der Waals surface area contributed by atoms with E-state index in [1.54, 1.807) is 7.11 Å². The van der Waals surface area contributed by atoms with Gasteiger partial charge >= 0.3 is 0 Å². The van der Waals surface area contributed by atoms with Crippen LogP contribution in [0.3, 0.4) is 0 Å². The smallest absolute Gasteiger partial charge is 0.152 e. The number of alkyl halides is 1. The van der Waals surface area contributed by atoms with Gasteiger partial charge in [-0.25, -0.2) is 13.4 Å². The van der Waals surface area contributed by atoms with Crippen molar-refractivity contribution in [2.24, 2.45) is 0 Å². The first-order chi connectivity index (χ1) is 9.55. The summed E-state index contributed by atoms with van der Waals surface area (Å²) < 4.78 is 30.7. The summed E-state index contributed by atoms with van der Waals surface area (Å²) in [7, 11) is -1.36. The van der Waals surface area contributed by atoms with Crippen LogP contribution in [0.4, 0.5) is 0 Å². The fraction of sp³-hybridized carbons (Fsp3) is 0.462. The molecule has 1 aliphatic heterocycles. The monoisotopic (exact) mass is 314 g/mol. The molecule has 1 aromatic heterocycles. The number of ether oxygens (including phenoxy) is 1. The predicted octanol–water partition coefficient (Wildman–Crippen LogP) is 2.14. The van der Waals surface area contributed by atoms with Crippen LogP contribution >= 0.6 is 11.6 Å². The van der Waals surface area contributed by atoms with Crippen LogP contribution in [0.25, 0.3) is 11.0 Å². The average molecular weight is 315 g/mol. The molecule has 2 aromatic rings. The summed E-state index contributed by atoms with van der Waals surface area (Å²) >= 11 is 5.97. The zero-order valence-corrected chi connectivity index (χ0v) is 12.6. The van der Waals surface area contributed by atoms with Gasteiger partial charge in [-0.15, -0.1) is 11.6 Å². The molecule has 1 unspecified atom stereocenters. The Labute approximate surface area is 122 Å². The Morgan fingerprint density at radius 3 is 2.90 bits per heavy atom. The van der Waals surface area contributed by atoms with E-state index in [1.807, 2.05) is 22.8 Å². The van der Waals surface area contributed by atoms with Crippen LogP contribution in [0, 0.1) is 0 Å². The molecule has 5 nitrogen and oxygen atoms in total. The van der Waals surface area contributed by atoms with Crippen LogP contribution in [-0.2, 0) is 15.7 Å². The molecule has 0 amide bonds. The quantitative estimate of drug-likeness (QED) is 0.814. The standard InChI is InChI=1S/C13H15ClN2O3S/c1-19-11-4-2-3-10-13(11)15-12(7-14)16(10)9-5-6-20(17,18)8-9/h2-4,9H,5-8H2,1H3. The Hall–Kier alpha value is -1.27. The minimum Gasteiger partial charge on any atom is -0.494 e. The molecule has 1 saturated heterocycles. The van der Waals surface area contributed by atoms with E-state index in [-0.39, 0.29) is 23.4 Å². The number of nitrogens with zero attached hydrogens (tertiary/aromatic N) is 2. The van der Waals surface area contributed by atoms with Gasteiger partial charge in [0.25, 0.3) is 0 Å². The molecule has 0 aliphatic carbocycles. The molecular weight excluding hydrogens is 300 g/mol. The highest BCUT2D eigenvalue weighted by Gasteiger charge is 2.31. The molecule has 1 atom stereocenters. The molecular formula is C13H15ClN2O3S. The van der Waals surface area contributed by atoms with Gasteiger partial charge in [0.05, 0.1) is 36.1 Å². The second-order valence-corrected chi connectivity index (χ2v) is 7.41. The fourth-order valence-electron chi connectivity index (χ4n) is 2.78. The minimum absolute atomic E-state index is 0.0918. The van der Waals surface area contributed by atoms with Crippen molar-refractivity contribution >= 4 is 32.5 Å². The average Bonchev–Trinajstić information content (AvgIpc) is 2.97. The third-order valence-electron chi connectivity index (χ3n) is 3.67. The fourth-order valence-corrected chi connectivity index (χ4v) is 4.67. The topological polar surface area (TPSA) is 61.2 Å². The third-order valence-corrected chi connectivity index (χ3v) is 5.66. The second-order valence-electron chi connectivity index (χ2n) is 4.92. The van der Waals surface area contributed by atoms with Crippen LogP contribution in [0.5, 0.6) is 5.75 Å². The van der Waals surface area contributed by atoms with E-state index in [0.29, 0.717) is 18.0 Å². The third kappa shape index (κ3) is 2.16. The first kappa shape index (κ1) is 13.7. The van der Waals surface area contributed by atoms with Crippen molar-refractivity contribution in [3.8, 4) is 5.75 Å². The van der Waals surface area contributed by atoms with E-state index in [4.69, 9.17) is 16.3 Å². The molecule has 3 rings (SSSR count). The lowest BCUT2D eigenvalue weighted by Gasteiger charge is -2.14. The van der Waals surface area contributed by atoms with E-state index >= 15 is 0 Å². The van der Waals surface area contributed by atoms with Crippen LogP contribution < -0.4 is 4.74 Å². The summed E-state index contributed by atoms with van der Waals surface area (Å²) in [6, 6.07) is 5.54. The Kier molecular flexibility index (Phi) is 3.38. The number of halogens is 1. The molecule has 20 heavy (non-hydrogen) atoms. The summed E-state index contributed by atoms with van der Waals surface area (Å²) in [4.78, 5) is 4.51.